The lowest BCUT2D eigenvalue weighted by Crippen LogP contribution is -2.33. The Morgan fingerprint density at radius 1 is 1.09 bits per heavy atom. The Labute approximate surface area is 201 Å². The largest absolute Gasteiger partial charge is 0.495 e. The summed E-state index contributed by atoms with van der Waals surface area (Å²) in [6.07, 6.45) is 3.16. The molecule has 0 aliphatic heterocycles. The van der Waals surface area contributed by atoms with Crippen LogP contribution in [0.3, 0.4) is 0 Å². The molecule has 0 aliphatic rings. The summed E-state index contributed by atoms with van der Waals surface area (Å²) < 4.78 is 5.19. The molecule has 0 fully saturated rings. The Balaban J connectivity index is 1.48. The smallest absolute Gasteiger partial charge is 0.250 e. The number of hydrogen-bond donors (Lipinski definition) is 2. The van der Waals surface area contributed by atoms with Crippen molar-refractivity contribution in [2.75, 3.05) is 12.4 Å². The van der Waals surface area contributed by atoms with E-state index in [2.05, 4.69) is 20.8 Å². The highest BCUT2D eigenvalue weighted by molar-refractivity contribution is 7.80. The zero-order chi connectivity index (χ0) is 23.4. The van der Waals surface area contributed by atoms with E-state index in [1.165, 1.54) is 10.9 Å². The van der Waals surface area contributed by atoms with Crippen molar-refractivity contribution in [3.05, 3.63) is 82.9 Å². The van der Waals surface area contributed by atoms with Crippen LogP contribution in [0, 0.1) is 6.92 Å². The van der Waals surface area contributed by atoms with Gasteiger partial charge in [-0.2, -0.15) is 4.80 Å². The van der Waals surface area contributed by atoms with Crippen molar-refractivity contribution >= 4 is 57.6 Å². The van der Waals surface area contributed by atoms with Crippen molar-refractivity contribution in [1.82, 2.24) is 20.3 Å². The molecular weight excluding hydrogens is 458 g/mol. The monoisotopic (exact) mass is 477 g/mol. The maximum atomic E-state index is 12.2. The number of amides is 1. The number of nitrogens with zero attached hydrogens (tertiary/aromatic N) is 3. The molecule has 0 radical (unpaired) electrons. The predicted molar refractivity (Wildman–Crippen MR) is 135 cm³/mol. The average Bonchev–Trinajstić information content (AvgIpc) is 3.21. The third kappa shape index (κ3) is 5.36. The normalized spacial score (nSPS) is 11.0. The fraction of sp³-hybridized carbons (Fsp3) is 0.0833. The fourth-order valence-corrected chi connectivity index (χ4v) is 3.60. The Morgan fingerprint density at radius 2 is 1.82 bits per heavy atom. The van der Waals surface area contributed by atoms with Gasteiger partial charge >= 0.3 is 0 Å². The fourth-order valence-electron chi connectivity index (χ4n) is 3.14. The molecule has 0 aliphatic carbocycles. The molecule has 0 bridgehead atoms. The Bertz CT molecular complexity index is 1370. The predicted octanol–water partition coefficient (Wildman–Crippen LogP) is 4.92. The summed E-state index contributed by atoms with van der Waals surface area (Å²) in [6.45, 7) is 1.92. The van der Waals surface area contributed by atoms with Gasteiger partial charge in [-0.15, -0.1) is 10.2 Å². The minimum Gasteiger partial charge on any atom is -0.495 e. The molecule has 2 N–H and O–H groups in total. The molecule has 1 heterocycles. The number of ether oxygens (including phenoxy) is 1. The molecule has 0 saturated carbocycles. The number of aryl methyl sites for hydroxylation is 1. The maximum absolute atomic E-state index is 12.2. The van der Waals surface area contributed by atoms with Crippen molar-refractivity contribution in [1.29, 1.82) is 0 Å². The summed E-state index contributed by atoms with van der Waals surface area (Å²) in [5, 5.41) is 15.4. The van der Waals surface area contributed by atoms with E-state index >= 15 is 0 Å². The third-order valence-corrected chi connectivity index (χ3v) is 5.30. The lowest BCUT2D eigenvalue weighted by atomic mass is 10.2. The summed E-state index contributed by atoms with van der Waals surface area (Å²) in [6, 6.07) is 18.6. The van der Waals surface area contributed by atoms with Crippen molar-refractivity contribution in [2.24, 2.45) is 0 Å². The van der Waals surface area contributed by atoms with Crippen molar-refractivity contribution < 1.29 is 9.53 Å². The van der Waals surface area contributed by atoms with Crippen LogP contribution in [-0.2, 0) is 4.79 Å². The molecule has 4 rings (SSSR count). The summed E-state index contributed by atoms with van der Waals surface area (Å²) in [4.78, 5) is 13.7. The highest BCUT2D eigenvalue weighted by Crippen LogP contribution is 2.27. The highest BCUT2D eigenvalue weighted by atomic mass is 35.5. The molecule has 4 aromatic rings. The van der Waals surface area contributed by atoms with Crippen LogP contribution in [0.1, 0.15) is 11.1 Å². The number of carbonyl (C=O) groups is 1. The summed E-state index contributed by atoms with van der Waals surface area (Å²) >= 11 is 11.5. The van der Waals surface area contributed by atoms with Crippen molar-refractivity contribution in [3.8, 4) is 11.4 Å². The van der Waals surface area contributed by atoms with Gasteiger partial charge in [-0.3, -0.25) is 10.1 Å². The van der Waals surface area contributed by atoms with E-state index in [1.807, 2.05) is 55.5 Å². The van der Waals surface area contributed by atoms with Gasteiger partial charge in [-0.25, -0.2) is 0 Å². The van der Waals surface area contributed by atoms with Gasteiger partial charge < -0.3 is 10.1 Å². The lowest BCUT2D eigenvalue weighted by molar-refractivity contribution is -0.115. The Kier molecular flexibility index (Phi) is 6.67. The molecule has 0 spiro atoms. The first-order valence-electron chi connectivity index (χ1n) is 9.99. The SMILES string of the molecule is COc1ccc(-n2nc3cc(C)c(NC(=S)NC(=O)/C=C/c4ccccc4)cc3n2)cc1Cl. The second-order valence-corrected chi connectivity index (χ2v) is 7.97. The van der Waals surface area contributed by atoms with Crippen molar-refractivity contribution in [3.63, 3.8) is 0 Å². The zero-order valence-electron chi connectivity index (χ0n) is 17.9. The quantitative estimate of drug-likeness (QED) is 0.314. The van der Waals surface area contributed by atoms with Crippen molar-refractivity contribution in [2.45, 2.75) is 6.92 Å². The number of halogens is 1. The Morgan fingerprint density at radius 3 is 2.52 bits per heavy atom. The van der Waals surface area contributed by atoms with E-state index in [4.69, 9.17) is 28.6 Å². The molecule has 9 heteroatoms. The number of carbonyl (C=O) groups excluding carboxylic acids is 1. The van der Waals surface area contributed by atoms with Crippen LogP contribution in [0.5, 0.6) is 5.75 Å². The minimum absolute atomic E-state index is 0.189. The number of fused-ring (bicyclic) bond motifs is 1. The van der Waals surface area contributed by atoms with E-state index in [1.54, 1.807) is 25.3 Å². The topological polar surface area (TPSA) is 81.1 Å². The third-order valence-electron chi connectivity index (χ3n) is 4.80. The molecule has 33 heavy (non-hydrogen) atoms. The summed E-state index contributed by atoms with van der Waals surface area (Å²) in [5.74, 6) is 0.256. The molecule has 0 atom stereocenters. The second-order valence-electron chi connectivity index (χ2n) is 7.15. The highest BCUT2D eigenvalue weighted by Gasteiger charge is 2.11. The number of aromatic nitrogens is 3. The summed E-state index contributed by atoms with van der Waals surface area (Å²) in [7, 11) is 1.56. The first-order chi connectivity index (χ1) is 15.9. The van der Waals surface area contributed by atoms with Gasteiger partial charge in [0.2, 0.25) is 5.91 Å². The molecular formula is C24H20ClN5O2S. The van der Waals surface area contributed by atoms with Crippen LogP contribution in [0.2, 0.25) is 5.02 Å². The van der Waals surface area contributed by atoms with Gasteiger partial charge in [0.15, 0.2) is 5.11 Å². The number of thiocarbonyl (C=S) groups is 1. The van der Waals surface area contributed by atoms with Gasteiger partial charge in [0.1, 0.15) is 16.8 Å². The van der Waals surface area contributed by atoms with Gasteiger partial charge in [-0.05, 0) is 66.7 Å². The minimum atomic E-state index is -0.322. The van der Waals surface area contributed by atoms with Crippen LogP contribution in [-0.4, -0.2) is 33.1 Å². The average molecular weight is 478 g/mol. The first kappa shape index (κ1) is 22.4. The standard InChI is InChI=1S/C24H20ClN5O2S/c1-15-12-20-21(29-30(28-20)17-9-10-22(32-2)18(25)13-17)14-19(15)26-24(33)27-23(31)11-8-16-6-4-3-5-7-16/h3-14H,1-2H3,(H2,26,27,31,33)/b11-8+. The lowest BCUT2D eigenvalue weighted by Gasteiger charge is -2.10. The molecule has 7 nitrogen and oxygen atoms in total. The number of rotatable bonds is 5. The van der Waals surface area contributed by atoms with E-state index in [0.29, 0.717) is 27.5 Å². The number of benzene rings is 3. The molecule has 0 unspecified atom stereocenters. The molecule has 3 aromatic carbocycles. The molecule has 0 saturated heterocycles. The van der Waals surface area contributed by atoms with Crippen LogP contribution in [0.15, 0.2) is 66.7 Å². The number of anilines is 1. The van der Waals surface area contributed by atoms with Gasteiger partial charge in [0, 0.05) is 11.8 Å². The molecule has 1 amide bonds. The first-order valence-corrected chi connectivity index (χ1v) is 10.8. The number of hydrogen-bond acceptors (Lipinski definition) is 5. The van der Waals surface area contributed by atoms with E-state index in [-0.39, 0.29) is 11.0 Å². The van der Waals surface area contributed by atoms with Crippen LogP contribution in [0.4, 0.5) is 5.69 Å². The maximum Gasteiger partial charge on any atom is 0.250 e. The summed E-state index contributed by atoms with van der Waals surface area (Å²) in [5.41, 5.74) is 4.63. The van der Waals surface area contributed by atoms with Crippen LogP contribution in [0.25, 0.3) is 22.8 Å². The van der Waals surface area contributed by atoms with Crippen LogP contribution >= 0.6 is 23.8 Å². The van der Waals surface area contributed by atoms with Gasteiger partial charge in [0.25, 0.3) is 0 Å². The number of methoxy groups -OCH3 is 1. The molecule has 1 aromatic heterocycles. The van der Waals surface area contributed by atoms with Crippen LogP contribution < -0.4 is 15.4 Å². The Hall–Kier alpha value is -3.75. The van der Waals surface area contributed by atoms with E-state index < -0.39 is 0 Å². The van der Waals surface area contributed by atoms with E-state index in [0.717, 1.165) is 16.8 Å². The second kappa shape index (κ2) is 9.81. The molecule has 166 valence electrons. The van der Waals surface area contributed by atoms with Gasteiger partial charge in [0.05, 0.1) is 17.8 Å². The van der Waals surface area contributed by atoms with Gasteiger partial charge in [-0.1, -0.05) is 41.9 Å². The zero-order valence-corrected chi connectivity index (χ0v) is 19.4. The van der Waals surface area contributed by atoms with E-state index in [9.17, 15) is 4.79 Å². The number of nitrogens with one attached hydrogen (secondary N) is 2.